The number of rotatable bonds is 5. The summed E-state index contributed by atoms with van der Waals surface area (Å²) in [5.74, 6) is 6.14. The molecular weight excluding hydrogens is 232 g/mol. The van der Waals surface area contributed by atoms with E-state index in [0.29, 0.717) is 5.92 Å². The first-order valence-corrected chi connectivity index (χ1v) is 6.90. The molecule has 2 unspecified atom stereocenters. The number of nitrogens with one attached hydrogen (secondary N) is 1. The summed E-state index contributed by atoms with van der Waals surface area (Å²) in [6.45, 7) is 0.822. The molecule has 0 radical (unpaired) electrons. The summed E-state index contributed by atoms with van der Waals surface area (Å²) in [6.07, 6.45) is 6.72. The Balaban J connectivity index is 2.01. The van der Waals surface area contributed by atoms with Gasteiger partial charge in [-0.25, -0.2) is 0 Å². The number of nitrogens with two attached hydrogens (primary N) is 1. The Morgan fingerprint density at radius 1 is 1.28 bits per heavy atom. The first kappa shape index (κ1) is 14.2. The molecule has 0 bridgehead atoms. The van der Waals surface area contributed by atoms with Crippen molar-refractivity contribution in [1.29, 1.82) is 0 Å². The van der Waals surface area contributed by atoms with Gasteiger partial charge in [0.1, 0.15) is 0 Å². The van der Waals surface area contributed by atoms with Crippen molar-refractivity contribution < 1.29 is 14.2 Å². The normalized spacial score (nSPS) is 29.0. The molecule has 2 aliphatic rings. The van der Waals surface area contributed by atoms with Crippen LogP contribution in [0.2, 0.25) is 0 Å². The van der Waals surface area contributed by atoms with Gasteiger partial charge in [0.2, 0.25) is 0 Å². The lowest BCUT2D eigenvalue weighted by molar-refractivity contribution is -0.157. The van der Waals surface area contributed by atoms with E-state index in [9.17, 15) is 0 Å². The predicted molar refractivity (Wildman–Crippen MR) is 68.8 cm³/mol. The second kappa shape index (κ2) is 6.30. The van der Waals surface area contributed by atoms with E-state index in [1.165, 1.54) is 25.7 Å². The molecule has 2 atom stereocenters. The molecule has 1 heterocycles. The van der Waals surface area contributed by atoms with Gasteiger partial charge in [-0.2, -0.15) is 0 Å². The number of methoxy groups -OCH3 is 2. The standard InChI is InChI=1S/C13H26N2O3/c1-16-12(17-2)11(15-14)10-5-8-18-13(9-10)6-3-4-7-13/h10-12,15H,3-9,14H2,1-2H3. The summed E-state index contributed by atoms with van der Waals surface area (Å²) in [5, 5.41) is 0. The summed E-state index contributed by atoms with van der Waals surface area (Å²) in [5.41, 5.74) is 2.98. The van der Waals surface area contributed by atoms with E-state index in [1.807, 2.05) is 0 Å². The van der Waals surface area contributed by atoms with Gasteiger partial charge in [-0.05, 0) is 31.6 Å². The summed E-state index contributed by atoms with van der Waals surface area (Å²) < 4.78 is 16.8. The SMILES string of the molecule is COC(OC)C(NN)C1CCOC2(CCCC2)C1. The van der Waals surface area contributed by atoms with Crippen molar-refractivity contribution in [2.24, 2.45) is 11.8 Å². The Hall–Kier alpha value is -0.200. The maximum Gasteiger partial charge on any atom is 0.173 e. The van der Waals surface area contributed by atoms with Crippen molar-refractivity contribution in [2.45, 2.75) is 56.5 Å². The molecule has 1 spiro atoms. The van der Waals surface area contributed by atoms with Crippen molar-refractivity contribution in [3.63, 3.8) is 0 Å². The van der Waals surface area contributed by atoms with Gasteiger partial charge in [-0.1, -0.05) is 12.8 Å². The van der Waals surface area contributed by atoms with E-state index in [-0.39, 0.29) is 17.9 Å². The van der Waals surface area contributed by atoms with Crippen molar-refractivity contribution in [3.8, 4) is 0 Å². The topological polar surface area (TPSA) is 65.7 Å². The zero-order chi connectivity index (χ0) is 13.0. The largest absolute Gasteiger partial charge is 0.375 e. The highest BCUT2D eigenvalue weighted by Crippen LogP contribution is 2.43. The van der Waals surface area contributed by atoms with Crippen LogP contribution in [0.1, 0.15) is 38.5 Å². The van der Waals surface area contributed by atoms with E-state index in [0.717, 1.165) is 19.4 Å². The lowest BCUT2D eigenvalue weighted by Crippen LogP contribution is -2.54. The Morgan fingerprint density at radius 2 is 1.94 bits per heavy atom. The lowest BCUT2D eigenvalue weighted by Gasteiger charge is -2.42. The fraction of sp³-hybridized carbons (Fsp3) is 1.00. The average Bonchev–Trinajstić information content (AvgIpc) is 2.83. The van der Waals surface area contributed by atoms with E-state index in [4.69, 9.17) is 20.1 Å². The number of hydrazine groups is 1. The molecule has 1 aliphatic carbocycles. The third-order valence-electron chi connectivity index (χ3n) is 4.50. The molecule has 106 valence electrons. The summed E-state index contributed by atoms with van der Waals surface area (Å²) in [6, 6.07) is 0.0291. The Morgan fingerprint density at radius 3 is 2.50 bits per heavy atom. The van der Waals surface area contributed by atoms with E-state index < -0.39 is 0 Å². The van der Waals surface area contributed by atoms with Crippen LogP contribution in [0.5, 0.6) is 0 Å². The number of ether oxygens (including phenoxy) is 3. The molecule has 0 aromatic carbocycles. The third-order valence-corrected chi connectivity index (χ3v) is 4.50. The third kappa shape index (κ3) is 2.86. The van der Waals surface area contributed by atoms with Crippen LogP contribution in [0.25, 0.3) is 0 Å². The monoisotopic (exact) mass is 258 g/mol. The Bertz CT molecular complexity index is 253. The molecule has 0 aromatic rings. The lowest BCUT2D eigenvalue weighted by atomic mass is 9.80. The first-order chi connectivity index (χ1) is 8.74. The molecule has 1 saturated heterocycles. The van der Waals surface area contributed by atoms with Crippen LogP contribution in [0.3, 0.4) is 0 Å². The second-order valence-electron chi connectivity index (χ2n) is 5.52. The maximum atomic E-state index is 6.05. The van der Waals surface area contributed by atoms with Crippen LogP contribution in [-0.4, -0.2) is 38.8 Å². The molecule has 1 saturated carbocycles. The van der Waals surface area contributed by atoms with Crippen LogP contribution in [0, 0.1) is 5.92 Å². The number of hydrogen-bond acceptors (Lipinski definition) is 5. The summed E-state index contributed by atoms with van der Waals surface area (Å²) in [7, 11) is 3.31. The van der Waals surface area contributed by atoms with Crippen molar-refractivity contribution in [2.75, 3.05) is 20.8 Å². The van der Waals surface area contributed by atoms with E-state index in [2.05, 4.69) is 5.43 Å². The smallest absolute Gasteiger partial charge is 0.173 e. The van der Waals surface area contributed by atoms with Gasteiger partial charge in [0, 0.05) is 20.8 Å². The molecule has 1 aliphatic heterocycles. The van der Waals surface area contributed by atoms with Crippen molar-refractivity contribution in [3.05, 3.63) is 0 Å². The molecule has 5 heteroatoms. The highest BCUT2D eigenvalue weighted by molar-refractivity contribution is 4.94. The van der Waals surface area contributed by atoms with E-state index >= 15 is 0 Å². The van der Waals surface area contributed by atoms with Crippen molar-refractivity contribution in [1.82, 2.24) is 5.43 Å². The zero-order valence-corrected chi connectivity index (χ0v) is 11.5. The predicted octanol–water partition coefficient (Wildman–Crippen LogP) is 1.18. The van der Waals surface area contributed by atoms with Gasteiger partial charge < -0.3 is 14.2 Å². The number of hydrogen-bond donors (Lipinski definition) is 2. The van der Waals surface area contributed by atoms with Crippen LogP contribution in [-0.2, 0) is 14.2 Å². The Labute approximate surface area is 109 Å². The molecule has 18 heavy (non-hydrogen) atoms. The minimum atomic E-state index is -0.295. The van der Waals surface area contributed by atoms with Gasteiger partial charge in [0.15, 0.2) is 6.29 Å². The molecule has 0 amide bonds. The van der Waals surface area contributed by atoms with Crippen LogP contribution in [0.15, 0.2) is 0 Å². The second-order valence-corrected chi connectivity index (χ2v) is 5.52. The molecule has 3 N–H and O–H groups in total. The van der Waals surface area contributed by atoms with E-state index in [1.54, 1.807) is 14.2 Å². The van der Waals surface area contributed by atoms with Crippen LogP contribution >= 0.6 is 0 Å². The minimum Gasteiger partial charge on any atom is -0.375 e. The molecular formula is C13H26N2O3. The molecule has 2 rings (SSSR count). The zero-order valence-electron chi connectivity index (χ0n) is 11.5. The summed E-state index contributed by atoms with van der Waals surface area (Å²) >= 11 is 0. The fourth-order valence-electron chi connectivity index (χ4n) is 3.57. The molecule has 5 nitrogen and oxygen atoms in total. The molecule has 2 fully saturated rings. The van der Waals surface area contributed by atoms with Gasteiger partial charge in [-0.15, -0.1) is 0 Å². The highest BCUT2D eigenvalue weighted by atomic mass is 16.7. The van der Waals surface area contributed by atoms with Gasteiger partial charge in [-0.3, -0.25) is 11.3 Å². The van der Waals surface area contributed by atoms with Gasteiger partial charge >= 0.3 is 0 Å². The minimum absolute atomic E-state index is 0.0291. The van der Waals surface area contributed by atoms with Crippen molar-refractivity contribution >= 4 is 0 Å². The van der Waals surface area contributed by atoms with Crippen LogP contribution < -0.4 is 11.3 Å². The van der Waals surface area contributed by atoms with Gasteiger partial charge in [0.25, 0.3) is 0 Å². The molecule has 0 aromatic heterocycles. The Kier molecular flexibility index (Phi) is 4.98. The maximum absolute atomic E-state index is 6.05. The summed E-state index contributed by atoms with van der Waals surface area (Å²) in [4.78, 5) is 0. The first-order valence-electron chi connectivity index (χ1n) is 6.90. The van der Waals surface area contributed by atoms with Gasteiger partial charge in [0.05, 0.1) is 11.6 Å². The van der Waals surface area contributed by atoms with Crippen LogP contribution in [0.4, 0.5) is 0 Å². The quantitative estimate of drug-likeness (QED) is 0.440. The fourth-order valence-corrected chi connectivity index (χ4v) is 3.57. The highest BCUT2D eigenvalue weighted by Gasteiger charge is 2.43. The average molecular weight is 258 g/mol.